The summed E-state index contributed by atoms with van der Waals surface area (Å²) in [6.07, 6.45) is 94.9. The van der Waals surface area contributed by atoms with E-state index in [4.69, 9.17) is 0 Å². The highest BCUT2D eigenvalue weighted by molar-refractivity contribution is 7.28. The normalized spacial score (nSPS) is 13.2. The SMILES string of the molecule is CCCCCCCCCCCCCCCCCCc1ccc(C2(c3ccc(CCCCCCCCCCCCCCCCCC)cc3)c3ccsc3-c3sc4cc5c6c(sc5cc4c32)-c2sccc2C6(c2ccc(CCCCCCCCCCCCCCCCCC)cc2)c2ccc(CCCCCCCCCCCCCCCCCC)cc2)cc1. The minimum Gasteiger partial charge on any atom is -0.143 e. The summed E-state index contributed by atoms with van der Waals surface area (Å²) >= 11 is 8.15. The molecule has 0 saturated heterocycles. The van der Waals surface area contributed by atoms with Crippen molar-refractivity contribution in [3.8, 4) is 19.5 Å². The number of aryl methyl sites for hydroxylation is 4. The van der Waals surface area contributed by atoms with Gasteiger partial charge in [-0.25, -0.2) is 0 Å². The number of fused-ring (bicyclic) bond motifs is 10. The second-order valence-corrected chi connectivity index (χ2v) is 42.2. The van der Waals surface area contributed by atoms with Crippen molar-refractivity contribution >= 4 is 65.5 Å². The molecule has 4 heteroatoms. The summed E-state index contributed by atoms with van der Waals surface area (Å²) in [5.74, 6) is 0. The molecule has 0 spiro atoms. The molecule has 4 heterocycles. The summed E-state index contributed by atoms with van der Waals surface area (Å²) in [6.45, 7) is 9.30. The van der Waals surface area contributed by atoms with Crippen molar-refractivity contribution < 1.29 is 0 Å². The van der Waals surface area contributed by atoms with E-state index in [1.807, 2.05) is 22.7 Å². The Labute approximate surface area is 753 Å². The van der Waals surface area contributed by atoms with Crippen LogP contribution in [0.25, 0.3) is 39.7 Å². The maximum atomic E-state index is 2.71. The third-order valence-corrected chi connectivity index (χ3v) is 33.1. The molecule has 5 aromatic carbocycles. The molecule has 0 aliphatic heterocycles. The van der Waals surface area contributed by atoms with Crippen LogP contribution in [0, 0.1) is 0 Å². The molecule has 0 amide bonds. The number of rotatable bonds is 72. The molecule has 0 fully saturated rings. The van der Waals surface area contributed by atoms with Crippen molar-refractivity contribution in [3.63, 3.8) is 0 Å². The van der Waals surface area contributed by atoms with Gasteiger partial charge in [0.05, 0.1) is 20.6 Å². The average Bonchev–Trinajstić information content (AvgIpc) is 1.50. The molecule has 2 aliphatic carbocycles. The number of hydrogen-bond donors (Lipinski definition) is 0. The molecule has 0 unspecified atom stereocenters. The van der Waals surface area contributed by atoms with Gasteiger partial charge in [0.1, 0.15) is 0 Å². The Morgan fingerprint density at radius 1 is 0.192 bits per heavy atom. The number of hydrogen-bond acceptors (Lipinski definition) is 4. The van der Waals surface area contributed by atoms with Crippen LogP contribution in [0.3, 0.4) is 0 Å². The van der Waals surface area contributed by atoms with E-state index < -0.39 is 10.8 Å². The van der Waals surface area contributed by atoms with Crippen molar-refractivity contribution in [2.24, 2.45) is 0 Å². The lowest BCUT2D eigenvalue weighted by atomic mass is 9.67. The molecule has 658 valence electrons. The van der Waals surface area contributed by atoms with E-state index in [0.29, 0.717) is 0 Å². The van der Waals surface area contributed by atoms with Gasteiger partial charge in [-0.3, -0.25) is 0 Å². The molecule has 0 radical (unpaired) electrons. The van der Waals surface area contributed by atoms with Crippen LogP contribution in [-0.4, -0.2) is 0 Å². The fourth-order valence-electron chi connectivity index (χ4n) is 21.3. The zero-order chi connectivity index (χ0) is 83.0. The largest absolute Gasteiger partial charge is 0.143 e. The lowest BCUT2D eigenvalue weighted by molar-refractivity contribution is 0.529. The molecule has 11 rings (SSSR count). The third kappa shape index (κ3) is 28.7. The molecule has 0 bridgehead atoms. The first-order chi connectivity index (χ1) is 59.5. The van der Waals surface area contributed by atoms with Crippen molar-refractivity contribution in [2.75, 3.05) is 0 Å². The minimum atomic E-state index is -0.428. The predicted octanol–water partition coefficient (Wildman–Crippen LogP) is 40.2. The molecular formula is C116H170S4. The van der Waals surface area contributed by atoms with Crippen LogP contribution in [-0.2, 0) is 36.5 Å². The quantitative estimate of drug-likeness (QED) is 0.0333. The molecule has 0 atom stereocenters. The third-order valence-electron chi connectivity index (χ3n) is 28.6. The average molecular weight is 1690 g/mol. The Kier molecular flexibility index (Phi) is 45.2. The van der Waals surface area contributed by atoms with E-state index in [9.17, 15) is 0 Å². The van der Waals surface area contributed by atoms with Crippen molar-refractivity contribution in [1.82, 2.24) is 0 Å². The van der Waals surface area contributed by atoms with Crippen LogP contribution < -0.4 is 0 Å². The highest BCUT2D eigenvalue weighted by atomic mass is 32.1. The van der Waals surface area contributed by atoms with E-state index in [1.165, 1.54) is 517 Å². The van der Waals surface area contributed by atoms with Gasteiger partial charge in [0.2, 0.25) is 0 Å². The Bertz CT molecular complexity index is 3690. The second kappa shape index (κ2) is 56.5. The summed E-state index contributed by atoms with van der Waals surface area (Å²) < 4.78 is 2.87. The summed E-state index contributed by atoms with van der Waals surface area (Å²) in [5.41, 5.74) is 16.8. The van der Waals surface area contributed by atoms with Crippen LogP contribution in [0.2, 0.25) is 0 Å². The number of benzene rings is 5. The van der Waals surface area contributed by atoms with Crippen LogP contribution in [0.5, 0.6) is 0 Å². The second-order valence-electron chi connectivity index (χ2n) is 38.3. The van der Waals surface area contributed by atoms with E-state index in [-0.39, 0.29) is 0 Å². The first-order valence-corrected chi connectivity index (χ1v) is 55.5. The van der Waals surface area contributed by atoms with Gasteiger partial charge in [-0.15, -0.1) is 45.3 Å². The molecule has 4 aromatic heterocycles. The van der Waals surface area contributed by atoms with Gasteiger partial charge >= 0.3 is 0 Å². The van der Waals surface area contributed by atoms with E-state index in [2.05, 4.69) is 182 Å². The molecule has 9 aromatic rings. The van der Waals surface area contributed by atoms with Gasteiger partial charge in [-0.05, 0) is 164 Å². The zero-order valence-corrected chi connectivity index (χ0v) is 80.7. The molecule has 0 saturated carbocycles. The van der Waals surface area contributed by atoms with Gasteiger partial charge in [0.15, 0.2) is 0 Å². The predicted molar refractivity (Wildman–Crippen MR) is 541 cm³/mol. The Balaban J connectivity index is 0.806. The fraction of sp³-hybridized carbons (Fsp3) is 0.638. The van der Waals surface area contributed by atoms with Gasteiger partial charge < -0.3 is 0 Å². The standard InChI is InChI=1S/C116H170S4/c1-5-9-13-17-21-25-29-33-37-41-45-49-53-57-61-65-69-95-73-81-99(82-74-95)115(100-83-75-96(76-84-100)70-66-62-58-54-50-46-42-38-34-30-26-22-18-14-10-6-2)105-89-91-117-111(105)113-109(115)103-93-108-104(94-107(103)119-113)110-114(120-108)112-106(90-92-118-112)116(110,101-85-77-97(78-86-101)71-67-63-59-55-51-47-43-39-35-31-27-23-19-15-11-7-3)102-87-79-98(80-88-102)72-68-64-60-56-52-48-44-40-36-32-28-24-20-16-12-8-4/h73-94H,5-72H2,1-4H3. The molecule has 120 heavy (non-hydrogen) atoms. The minimum absolute atomic E-state index is 0.428. The van der Waals surface area contributed by atoms with E-state index >= 15 is 0 Å². The van der Waals surface area contributed by atoms with E-state index in [0.717, 1.165) is 25.7 Å². The Morgan fingerprint density at radius 2 is 0.367 bits per heavy atom. The van der Waals surface area contributed by atoms with Gasteiger partial charge in [0, 0.05) is 19.2 Å². The van der Waals surface area contributed by atoms with Crippen LogP contribution in [0.4, 0.5) is 0 Å². The number of unbranched alkanes of at least 4 members (excludes halogenated alkanes) is 60. The Morgan fingerprint density at radius 3 is 0.550 bits per heavy atom. The molecular weight excluding hydrogens is 1520 g/mol. The topological polar surface area (TPSA) is 0 Å². The zero-order valence-electron chi connectivity index (χ0n) is 77.4. The summed E-state index contributed by atoms with van der Waals surface area (Å²) in [7, 11) is 0. The van der Waals surface area contributed by atoms with Crippen molar-refractivity contribution in [3.05, 3.63) is 199 Å². The monoisotopic (exact) mass is 1690 g/mol. The lowest BCUT2D eigenvalue weighted by Gasteiger charge is -2.34. The van der Waals surface area contributed by atoms with Gasteiger partial charge in [-0.2, -0.15) is 0 Å². The van der Waals surface area contributed by atoms with Crippen LogP contribution in [0.15, 0.2) is 132 Å². The molecule has 0 nitrogen and oxygen atoms in total. The first-order valence-electron chi connectivity index (χ1n) is 52.1. The van der Waals surface area contributed by atoms with Gasteiger partial charge in [-0.1, -0.05) is 510 Å². The van der Waals surface area contributed by atoms with Crippen LogP contribution >= 0.6 is 45.3 Å². The summed E-state index contributed by atoms with van der Waals surface area (Å²) in [5, 5.41) is 7.74. The van der Waals surface area contributed by atoms with Crippen molar-refractivity contribution in [2.45, 2.75) is 475 Å². The van der Waals surface area contributed by atoms with E-state index in [1.54, 1.807) is 0 Å². The maximum Gasteiger partial charge on any atom is 0.0736 e. The van der Waals surface area contributed by atoms with Crippen LogP contribution in [0.1, 0.15) is 505 Å². The molecule has 2 aliphatic rings. The highest BCUT2D eigenvalue weighted by Crippen LogP contribution is 2.66. The smallest absolute Gasteiger partial charge is 0.0736 e. The highest BCUT2D eigenvalue weighted by Gasteiger charge is 2.52. The molecule has 0 N–H and O–H groups in total. The number of thiophene rings is 4. The summed E-state index contributed by atoms with van der Waals surface area (Å²) in [4.78, 5) is 5.93. The maximum absolute atomic E-state index is 2.71. The lowest BCUT2D eigenvalue weighted by Crippen LogP contribution is -2.28. The fourth-order valence-corrected chi connectivity index (χ4v) is 26.1. The first kappa shape index (κ1) is 96.1. The van der Waals surface area contributed by atoms with Crippen molar-refractivity contribution in [1.29, 1.82) is 0 Å². The summed E-state index contributed by atoms with van der Waals surface area (Å²) in [6, 6.07) is 51.4. The Hall–Kier alpha value is -4.58. The van der Waals surface area contributed by atoms with Gasteiger partial charge in [0.25, 0.3) is 0 Å².